The van der Waals surface area contributed by atoms with Crippen molar-refractivity contribution in [1.82, 2.24) is 19.5 Å². The summed E-state index contributed by atoms with van der Waals surface area (Å²) < 4.78 is 4.92. The molecule has 12 rings (SSSR count). The Bertz CT molecular complexity index is 3560. The van der Waals surface area contributed by atoms with Crippen LogP contribution in [-0.4, -0.2) is 19.5 Å². The van der Waals surface area contributed by atoms with E-state index in [1.54, 1.807) is 0 Å². The van der Waals surface area contributed by atoms with E-state index in [2.05, 4.69) is 187 Å². The van der Waals surface area contributed by atoms with Crippen LogP contribution < -0.4 is 0 Å². The highest BCUT2D eigenvalue weighted by Crippen LogP contribution is 2.45. The van der Waals surface area contributed by atoms with Crippen molar-refractivity contribution >= 4 is 53.3 Å². The minimum Gasteiger partial charge on any atom is -0.309 e. The number of benzene rings is 9. The fourth-order valence-electron chi connectivity index (χ4n) is 8.93. The Labute approximate surface area is 362 Å². The quantitative estimate of drug-likeness (QED) is 0.161. The zero-order chi connectivity index (χ0) is 41.0. The third kappa shape index (κ3) is 6.18. The van der Waals surface area contributed by atoms with Gasteiger partial charge in [-0.2, -0.15) is 0 Å². The van der Waals surface area contributed by atoms with Gasteiger partial charge in [-0.05, 0) is 75.8 Å². The van der Waals surface area contributed by atoms with Crippen LogP contribution in [-0.2, 0) is 0 Å². The van der Waals surface area contributed by atoms with Crippen molar-refractivity contribution in [3.8, 4) is 73.2 Å². The van der Waals surface area contributed by atoms with E-state index in [9.17, 15) is 0 Å². The first-order valence-electron chi connectivity index (χ1n) is 20.8. The van der Waals surface area contributed by atoms with Crippen LogP contribution in [0.25, 0.3) is 115 Å². The van der Waals surface area contributed by atoms with Crippen LogP contribution in [0.1, 0.15) is 0 Å². The Kier molecular flexibility index (Phi) is 8.65. The third-order valence-electron chi connectivity index (χ3n) is 11.9. The van der Waals surface area contributed by atoms with Crippen molar-refractivity contribution in [2.24, 2.45) is 0 Å². The second-order valence-corrected chi connectivity index (χ2v) is 16.7. The third-order valence-corrected chi connectivity index (χ3v) is 13.0. The summed E-state index contributed by atoms with van der Waals surface area (Å²) in [6.45, 7) is 0. The van der Waals surface area contributed by atoms with Crippen molar-refractivity contribution in [3.05, 3.63) is 218 Å². The van der Waals surface area contributed by atoms with Crippen LogP contribution in [0.5, 0.6) is 0 Å². The lowest BCUT2D eigenvalue weighted by molar-refractivity contribution is 1.07. The van der Waals surface area contributed by atoms with E-state index in [0.29, 0.717) is 17.5 Å². The first-order valence-corrected chi connectivity index (χ1v) is 21.7. The standard InChI is InChI=1S/C57H36N4S/c1-5-16-37(17-6-1)40-22-15-23-41(34-40)42-28-30-45(49(35-42)57-59-55(38-18-7-2-8-19-38)58-56(60-57)39-20-9-3-10-21-39)43-29-31-48-52(36-43)62-51-33-32-47-46-26-13-14-27-50(46)61(54(47)53(48)51)44-24-11-4-12-25-44/h1-36H. The molecule has 9 aromatic carbocycles. The molecule has 290 valence electrons. The smallest absolute Gasteiger partial charge is 0.164 e. The summed E-state index contributed by atoms with van der Waals surface area (Å²) in [4.78, 5) is 15.5. The minimum absolute atomic E-state index is 0.624. The van der Waals surface area contributed by atoms with Gasteiger partial charge in [0, 0.05) is 53.3 Å². The molecule has 3 aromatic heterocycles. The van der Waals surface area contributed by atoms with E-state index >= 15 is 0 Å². The number of thiophene rings is 1. The minimum atomic E-state index is 0.624. The van der Waals surface area contributed by atoms with E-state index in [1.807, 2.05) is 47.7 Å². The zero-order valence-corrected chi connectivity index (χ0v) is 34.3. The molecular weight excluding hydrogens is 773 g/mol. The van der Waals surface area contributed by atoms with Crippen molar-refractivity contribution in [3.63, 3.8) is 0 Å². The molecule has 0 amide bonds. The van der Waals surface area contributed by atoms with Gasteiger partial charge < -0.3 is 4.57 Å². The summed E-state index contributed by atoms with van der Waals surface area (Å²) in [5, 5.41) is 5.03. The molecule has 0 aliphatic rings. The van der Waals surface area contributed by atoms with Gasteiger partial charge in [-0.3, -0.25) is 0 Å². The van der Waals surface area contributed by atoms with E-state index in [0.717, 1.165) is 44.6 Å². The van der Waals surface area contributed by atoms with Crippen molar-refractivity contribution < 1.29 is 0 Å². The molecule has 0 radical (unpaired) electrons. The maximum Gasteiger partial charge on any atom is 0.164 e. The summed E-state index contributed by atoms with van der Waals surface area (Å²) in [6, 6.07) is 77.5. The largest absolute Gasteiger partial charge is 0.309 e. The molecule has 0 spiro atoms. The van der Waals surface area contributed by atoms with Crippen LogP contribution in [0.3, 0.4) is 0 Å². The molecule has 0 unspecified atom stereocenters. The molecule has 5 heteroatoms. The van der Waals surface area contributed by atoms with E-state index < -0.39 is 0 Å². The van der Waals surface area contributed by atoms with Crippen LogP contribution in [0.4, 0.5) is 0 Å². The monoisotopic (exact) mass is 808 g/mol. The number of nitrogens with zero attached hydrogens (tertiary/aromatic N) is 4. The second-order valence-electron chi connectivity index (χ2n) is 15.6. The van der Waals surface area contributed by atoms with Crippen LogP contribution in [0.2, 0.25) is 0 Å². The Morgan fingerprint density at radius 1 is 0.323 bits per heavy atom. The molecular formula is C57H36N4S. The van der Waals surface area contributed by atoms with Gasteiger partial charge in [0.1, 0.15) is 0 Å². The van der Waals surface area contributed by atoms with Gasteiger partial charge in [-0.15, -0.1) is 11.3 Å². The molecule has 0 saturated heterocycles. The topological polar surface area (TPSA) is 43.6 Å². The number of fused-ring (bicyclic) bond motifs is 7. The molecule has 62 heavy (non-hydrogen) atoms. The van der Waals surface area contributed by atoms with Gasteiger partial charge in [0.25, 0.3) is 0 Å². The molecule has 0 fully saturated rings. The highest BCUT2D eigenvalue weighted by Gasteiger charge is 2.21. The molecule has 0 atom stereocenters. The Morgan fingerprint density at radius 2 is 0.871 bits per heavy atom. The van der Waals surface area contributed by atoms with Crippen molar-refractivity contribution in [2.45, 2.75) is 0 Å². The highest BCUT2D eigenvalue weighted by atomic mass is 32.1. The van der Waals surface area contributed by atoms with Crippen LogP contribution in [0.15, 0.2) is 218 Å². The number of hydrogen-bond donors (Lipinski definition) is 0. The second kappa shape index (κ2) is 14.9. The van der Waals surface area contributed by atoms with E-state index in [-0.39, 0.29) is 0 Å². The van der Waals surface area contributed by atoms with Crippen LogP contribution >= 0.6 is 11.3 Å². The first-order chi connectivity index (χ1) is 30.7. The number of hydrogen-bond acceptors (Lipinski definition) is 4. The van der Waals surface area contributed by atoms with Gasteiger partial charge in [-0.25, -0.2) is 15.0 Å². The summed E-state index contributed by atoms with van der Waals surface area (Å²) >= 11 is 1.85. The van der Waals surface area contributed by atoms with Crippen molar-refractivity contribution in [1.29, 1.82) is 0 Å². The lowest BCUT2D eigenvalue weighted by Crippen LogP contribution is -2.01. The van der Waals surface area contributed by atoms with Gasteiger partial charge >= 0.3 is 0 Å². The Hall–Kier alpha value is -7.99. The predicted octanol–water partition coefficient (Wildman–Crippen LogP) is 15.3. The summed E-state index contributed by atoms with van der Waals surface area (Å²) in [5.74, 6) is 1.89. The van der Waals surface area contributed by atoms with Gasteiger partial charge in [0.2, 0.25) is 0 Å². The maximum atomic E-state index is 5.25. The molecule has 0 aliphatic carbocycles. The lowest BCUT2D eigenvalue weighted by Gasteiger charge is -2.15. The normalized spacial score (nSPS) is 11.5. The molecule has 3 heterocycles. The lowest BCUT2D eigenvalue weighted by atomic mass is 9.92. The van der Waals surface area contributed by atoms with Gasteiger partial charge in [0.05, 0.1) is 11.0 Å². The number of para-hydroxylation sites is 2. The molecule has 0 bridgehead atoms. The Morgan fingerprint density at radius 3 is 1.58 bits per heavy atom. The SMILES string of the molecule is c1ccc(-c2cccc(-c3ccc(-c4ccc5c(c4)sc4ccc6c7ccccc7n(-c7ccccc7)c6c45)c(-c4nc(-c5ccccc5)nc(-c5ccccc5)n4)c3)c2)cc1. The molecule has 12 aromatic rings. The van der Waals surface area contributed by atoms with Gasteiger partial charge in [-0.1, -0.05) is 176 Å². The van der Waals surface area contributed by atoms with Gasteiger partial charge in [0.15, 0.2) is 17.5 Å². The molecule has 0 N–H and O–H groups in total. The molecule has 4 nitrogen and oxygen atoms in total. The fraction of sp³-hybridized carbons (Fsp3) is 0. The summed E-state index contributed by atoms with van der Waals surface area (Å²) in [6.07, 6.45) is 0. The average Bonchev–Trinajstić information content (AvgIpc) is 3.90. The summed E-state index contributed by atoms with van der Waals surface area (Å²) in [7, 11) is 0. The Balaban J connectivity index is 1.08. The van der Waals surface area contributed by atoms with Crippen molar-refractivity contribution in [2.75, 3.05) is 0 Å². The summed E-state index contributed by atoms with van der Waals surface area (Å²) in [5.41, 5.74) is 13.1. The van der Waals surface area contributed by atoms with E-state index in [1.165, 1.54) is 53.1 Å². The predicted molar refractivity (Wildman–Crippen MR) is 260 cm³/mol. The van der Waals surface area contributed by atoms with Crippen LogP contribution in [0, 0.1) is 0 Å². The molecule has 0 aliphatic heterocycles. The first kappa shape index (κ1) is 35.9. The maximum absolute atomic E-state index is 5.25. The highest BCUT2D eigenvalue weighted by molar-refractivity contribution is 7.26. The molecule has 0 saturated carbocycles. The number of aromatic nitrogens is 4. The fourth-order valence-corrected chi connectivity index (χ4v) is 10.1. The average molecular weight is 809 g/mol. The number of rotatable bonds is 7. The van der Waals surface area contributed by atoms with E-state index in [4.69, 9.17) is 15.0 Å². The zero-order valence-electron chi connectivity index (χ0n) is 33.5.